The molecule has 0 aliphatic heterocycles. The molecule has 0 unspecified atom stereocenters. The summed E-state index contributed by atoms with van der Waals surface area (Å²) in [6, 6.07) is 14.2. The van der Waals surface area contributed by atoms with Crippen LogP contribution in [-0.2, 0) is 4.79 Å². The Morgan fingerprint density at radius 1 is 0.917 bits per heavy atom. The predicted octanol–water partition coefficient (Wildman–Crippen LogP) is 2.23. The summed E-state index contributed by atoms with van der Waals surface area (Å²) >= 11 is 0. The van der Waals surface area contributed by atoms with Crippen molar-refractivity contribution in [2.75, 3.05) is 13.2 Å². The highest BCUT2D eigenvalue weighted by Crippen LogP contribution is 2.17. The quantitative estimate of drug-likeness (QED) is 0.797. The number of benzene rings is 2. The fraction of sp³-hybridized carbons (Fsp3) is 0.222. The van der Waals surface area contributed by atoms with Crippen LogP contribution in [0.5, 0.6) is 11.5 Å². The van der Waals surface area contributed by atoms with Gasteiger partial charge in [-0.1, -0.05) is 30.3 Å². The molecular weight excluding hydrogens is 308 g/mol. The molecule has 2 aromatic carbocycles. The molecule has 2 amide bonds. The van der Waals surface area contributed by atoms with Gasteiger partial charge in [0.2, 0.25) is 0 Å². The summed E-state index contributed by atoms with van der Waals surface area (Å²) < 4.78 is 10.8. The summed E-state index contributed by atoms with van der Waals surface area (Å²) in [5, 5.41) is 0. The lowest BCUT2D eigenvalue weighted by atomic mass is 10.2. The Kier molecular flexibility index (Phi) is 6.19. The molecule has 2 aromatic rings. The van der Waals surface area contributed by atoms with Gasteiger partial charge in [-0.3, -0.25) is 20.4 Å². The molecule has 0 atom stereocenters. The van der Waals surface area contributed by atoms with E-state index in [-0.39, 0.29) is 6.61 Å². The number of aryl methyl sites for hydroxylation is 1. The molecular formula is C18H20N2O4. The van der Waals surface area contributed by atoms with Crippen LogP contribution >= 0.6 is 0 Å². The zero-order chi connectivity index (χ0) is 17.4. The van der Waals surface area contributed by atoms with E-state index in [1.807, 2.05) is 32.0 Å². The third-order valence-corrected chi connectivity index (χ3v) is 3.20. The van der Waals surface area contributed by atoms with Crippen molar-refractivity contribution in [3.63, 3.8) is 0 Å². The largest absolute Gasteiger partial charge is 0.493 e. The van der Waals surface area contributed by atoms with Crippen molar-refractivity contribution in [3.8, 4) is 11.5 Å². The zero-order valence-corrected chi connectivity index (χ0v) is 13.7. The molecule has 0 aliphatic carbocycles. The van der Waals surface area contributed by atoms with Crippen LogP contribution in [0.4, 0.5) is 0 Å². The maximum absolute atomic E-state index is 12.1. The van der Waals surface area contributed by atoms with E-state index in [2.05, 4.69) is 10.9 Å². The van der Waals surface area contributed by atoms with E-state index in [1.165, 1.54) is 0 Å². The van der Waals surface area contributed by atoms with Crippen LogP contribution in [0.3, 0.4) is 0 Å². The molecule has 0 radical (unpaired) electrons. The fourth-order valence-electron chi connectivity index (χ4n) is 2.03. The maximum atomic E-state index is 12.1. The third-order valence-electron chi connectivity index (χ3n) is 3.20. The van der Waals surface area contributed by atoms with E-state index in [1.54, 1.807) is 30.3 Å². The number of hydrogen-bond acceptors (Lipinski definition) is 4. The second-order valence-electron chi connectivity index (χ2n) is 4.99. The van der Waals surface area contributed by atoms with Crippen molar-refractivity contribution in [1.29, 1.82) is 0 Å². The highest BCUT2D eigenvalue weighted by Gasteiger charge is 2.13. The second kappa shape index (κ2) is 8.57. The molecule has 0 heterocycles. The van der Waals surface area contributed by atoms with Gasteiger partial charge in [0.05, 0.1) is 12.2 Å². The van der Waals surface area contributed by atoms with Crippen LogP contribution < -0.4 is 20.3 Å². The molecule has 0 saturated heterocycles. The van der Waals surface area contributed by atoms with E-state index in [4.69, 9.17) is 9.47 Å². The number of para-hydroxylation sites is 2. The smallest absolute Gasteiger partial charge is 0.276 e. The lowest BCUT2D eigenvalue weighted by molar-refractivity contribution is -0.123. The molecule has 0 spiro atoms. The van der Waals surface area contributed by atoms with Gasteiger partial charge in [0.15, 0.2) is 6.61 Å². The maximum Gasteiger partial charge on any atom is 0.276 e. The van der Waals surface area contributed by atoms with E-state index in [0.717, 1.165) is 5.56 Å². The fourth-order valence-corrected chi connectivity index (χ4v) is 2.03. The Morgan fingerprint density at radius 2 is 1.58 bits per heavy atom. The highest BCUT2D eigenvalue weighted by atomic mass is 16.5. The highest BCUT2D eigenvalue weighted by molar-refractivity contribution is 5.97. The van der Waals surface area contributed by atoms with Crippen molar-refractivity contribution in [2.45, 2.75) is 13.8 Å². The molecule has 0 bridgehead atoms. The van der Waals surface area contributed by atoms with Crippen LogP contribution in [0, 0.1) is 6.92 Å². The van der Waals surface area contributed by atoms with Gasteiger partial charge in [-0.2, -0.15) is 0 Å². The van der Waals surface area contributed by atoms with Crippen molar-refractivity contribution in [3.05, 3.63) is 59.7 Å². The average Bonchev–Trinajstić information content (AvgIpc) is 2.60. The molecule has 24 heavy (non-hydrogen) atoms. The van der Waals surface area contributed by atoms with Crippen LogP contribution in [0.2, 0.25) is 0 Å². The van der Waals surface area contributed by atoms with Gasteiger partial charge in [-0.05, 0) is 37.6 Å². The summed E-state index contributed by atoms with van der Waals surface area (Å²) in [4.78, 5) is 23.9. The van der Waals surface area contributed by atoms with Crippen molar-refractivity contribution < 1.29 is 19.1 Å². The first-order chi connectivity index (χ1) is 11.6. The molecule has 6 nitrogen and oxygen atoms in total. The minimum atomic E-state index is -0.458. The number of nitrogens with one attached hydrogen (secondary N) is 2. The van der Waals surface area contributed by atoms with E-state index >= 15 is 0 Å². The van der Waals surface area contributed by atoms with Gasteiger partial charge in [0.25, 0.3) is 11.8 Å². The number of rotatable bonds is 6. The van der Waals surface area contributed by atoms with Crippen molar-refractivity contribution >= 4 is 11.8 Å². The van der Waals surface area contributed by atoms with Gasteiger partial charge in [-0.15, -0.1) is 0 Å². The van der Waals surface area contributed by atoms with E-state index in [9.17, 15) is 9.59 Å². The number of hydrogen-bond donors (Lipinski definition) is 2. The van der Waals surface area contributed by atoms with Crippen LogP contribution in [0.25, 0.3) is 0 Å². The summed E-state index contributed by atoms with van der Waals surface area (Å²) in [6.07, 6.45) is 0. The monoisotopic (exact) mass is 328 g/mol. The Bertz CT molecular complexity index is 716. The lowest BCUT2D eigenvalue weighted by Gasteiger charge is -2.12. The normalized spacial score (nSPS) is 9.92. The molecule has 0 fully saturated rings. The number of amides is 2. The number of carbonyl (C=O) groups is 2. The number of carbonyl (C=O) groups excluding carboxylic acids is 2. The Labute approximate surface area is 140 Å². The topological polar surface area (TPSA) is 76.7 Å². The predicted molar refractivity (Wildman–Crippen MR) is 89.9 cm³/mol. The third kappa shape index (κ3) is 4.74. The first-order valence-corrected chi connectivity index (χ1v) is 7.61. The number of ether oxygens (including phenoxy) is 2. The minimum Gasteiger partial charge on any atom is -0.493 e. The van der Waals surface area contributed by atoms with Crippen LogP contribution in [0.15, 0.2) is 48.5 Å². The Hall–Kier alpha value is -3.02. The van der Waals surface area contributed by atoms with Crippen molar-refractivity contribution in [1.82, 2.24) is 10.9 Å². The van der Waals surface area contributed by atoms with E-state index < -0.39 is 11.8 Å². The molecule has 6 heteroatoms. The summed E-state index contributed by atoms with van der Waals surface area (Å²) in [6.45, 7) is 3.97. The van der Waals surface area contributed by atoms with Gasteiger partial charge in [-0.25, -0.2) is 0 Å². The SMILES string of the molecule is CCOc1ccccc1C(=O)NNC(=O)COc1ccccc1C. The molecule has 2 rings (SSSR count). The Balaban J connectivity index is 1.85. The molecule has 0 aromatic heterocycles. The standard InChI is InChI=1S/C18H20N2O4/c1-3-23-16-11-7-5-9-14(16)18(22)20-19-17(21)12-24-15-10-6-4-8-13(15)2/h4-11H,3,12H2,1-2H3,(H,19,21)(H,20,22). The minimum absolute atomic E-state index is 0.196. The molecule has 126 valence electrons. The van der Waals surface area contributed by atoms with E-state index in [0.29, 0.717) is 23.7 Å². The van der Waals surface area contributed by atoms with Gasteiger partial charge in [0.1, 0.15) is 11.5 Å². The van der Waals surface area contributed by atoms with Gasteiger partial charge < -0.3 is 9.47 Å². The van der Waals surface area contributed by atoms with Crippen molar-refractivity contribution in [2.24, 2.45) is 0 Å². The first-order valence-electron chi connectivity index (χ1n) is 7.61. The van der Waals surface area contributed by atoms with Gasteiger partial charge >= 0.3 is 0 Å². The average molecular weight is 328 g/mol. The number of hydrazine groups is 1. The summed E-state index contributed by atoms with van der Waals surface area (Å²) in [5.41, 5.74) is 5.95. The lowest BCUT2D eigenvalue weighted by Crippen LogP contribution is -2.44. The molecule has 2 N–H and O–H groups in total. The summed E-state index contributed by atoms with van der Waals surface area (Å²) in [7, 11) is 0. The van der Waals surface area contributed by atoms with Gasteiger partial charge in [0, 0.05) is 0 Å². The Morgan fingerprint density at radius 3 is 2.29 bits per heavy atom. The van der Waals surface area contributed by atoms with Crippen LogP contribution in [0.1, 0.15) is 22.8 Å². The first kappa shape index (κ1) is 17.3. The van der Waals surface area contributed by atoms with Crippen LogP contribution in [-0.4, -0.2) is 25.0 Å². The molecule has 0 aliphatic rings. The molecule has 0 saturated carbocycles. The zero-order valence-electron chi connectivity index (χ0n) is 13.7. The second-order valence-corrected chi connectivity index (χ2v) is 4.99. The summed E-state index contributed by atoms with van der Waals surface area (Å²) in [5.74, 6) is 0.173.